The molecule has 2 heterocycles. The lowest BCUT2D eigenvalue weighted by atomic mass is 9.90. The van der Waals surface area contributed by atoms with Gasteiger partial charge in [-0.15, -0.1) is 0 Å². The number of likely N-dealkylation sites (tertiary alicyclic amines) is 1. The molecule has 0 spiro atoms. The maximum Gasteiger partial charge on any atom is 0.0534 e. The first-order valence-electron chi connectivity index (χ1n) is 6.00. The van der Waals surface area contributed by atoms with Gasteiger partial charge in [0.2, 0.25) is 0 Å². The molecule has 2 rings (SSSR count). The van der Waals surface area contributed by atoms with Crippen LogP contribution in [0, 0.1) is 0 Å². The van der Waals surface area contributed by atoms with Crippen molar-refractivity contribution in [2.75, 3.05) is 20.1 Å². The molecule has 1 fully saturated rings. The molecule has 4 nitrogen and oxygen atoms in total. The van der Waals surface area contributed by atoms with Gasteiger partial charge in [-0.1, -0.05) is 0 Å². The van der Waals surface area contributed by atoms with Crippen molar-refractivity contribution in [2.45, 2.75) is 31.8 Å². The Morgan fingerprint density at radius 2 is 2.12 bits per heavy atom. The van der Waals surface area contributed by atoms with E-state index in [0.29, 0.717) is 5.54 Å². The summed E-state index contributed by atoms with van der Waals surface area (Å²) >= 11 is 0. The normalized spacial score (nSPS) is 21.2. The molecule has 1 aliphatic rings. The Kier molecular flexibility index (Phi) is 3.30. The van der Waals surface area contributed by atoms with Gasteiger partial charge >= 0.3 is 0 Å². The van der Waals surface area contributed by atoms with Crippen LogP contribution in [0.3, 0.4) is 0 Å². The van der Waals surface area contributed by atoms with Crippen LogP contribution >= 0.6 is 0 Å². The zero-order valence-corrected chi connectivity index (χ0v) is 10.5. The van der Waals surface area contributed by atoms with Gasteiger partial charge in [0, 0.05) is 44.0 Å². The smallest absolute Gasteiger partial charge is 0.0534 e. The van der Waals surface area contributed by atoms with Crippen LogP contribution < -0.4 is 5.32 Å². The monoisotopic (exact) mass is 222 g/mol. The summed E-state index contributed by atoms with van der Waals surface area (Å²) in [5, 5.41) is 7.63. The molecule has 0 bridgehead atoms. The van der Waals surface area contributed by atoms with Crippen LogP contribution in [-0.2, 0) is 13.6 Å². The predicted molar refractivity (Wildman–Crippen MR) is 65.2 cm³/mol. The van der Waals surface area contributed by atoms with E-state index in [0.717, 1.165) is 6.54 Å². The zero-order chi connectivity index (χ0) is 11.6. The third-order valence-corrected chi connectivity index (χ3v) is 3.73. The number of nitrogens with one attached hydrogen (secondary N) is 1. The molecule has 1 aromatic heterocycles. The third-order valence-electron chi connectivity index (χ3n) is 3.73. The van der Waals surface area contributed by atoms with Crippen LogP contribution in [-0.4, -0.2) is 40.4 Å². The quantitative estimate of drug-likeness (QED) is 0.828. The van der Waals surface area contributed by atoms with Gasteiger partial charge in [-0.3, -0.25) is 9.58 Å². The molecule has 0 atom stereocenters. The summed E-state index contributed by atoms with van der Waals surface area (Å²) in [5.41, 5.74) is 1.65. The predicted octanol–water partition coefficient (Wildman–Crippen LogP) is 0.994. The Labute approximate surface area is 97.6 Å². The summed E-state index contributed by atoms with van der Waals surface area (Å²) in [7, 11) is 4.04. The molecule has 0 amide bonds. The van der Waals surface area contributed by atoms with Crippen LogP contribution in [0.25, 0.3) is 0 Å². The standard InChI is InChI=1S/C12H22N4/c1-12(13-2)4-6-16(7-5-12)10-11-8-14-15(3)9-11/h8-9,13H,4-7,10H2,1-3H3. The van der Waals surface area contributed by atoms with Crippen molar-refractivity contribution in [3.8, 4) is 0 Å². The number of aromatic nitrogens is 2. The summed E-state index contributed by atoms with van der Waals surface area (Å²) in [6.07, 6.45) is 6.52. The van der Waals surface area contributed by atoms with Gasteiger partial charge in [-0.2, -0.15) is 5.10 Å². The largest absolute Gasteiger partial charge is 0.314 e. The molecule has 1 saturated heterocycles. The first kappa shape index (κ1) is 11.6. The maximum atomic E-state index is 4.20. The number of piperidine rings is 1. The van der Waals surface area contributed by atoms with E-state index >= 15 is 0 Å². The van der Waals surface area contributed by atoms with E-state index in [1.165, 1.54) is 31.5 Å². The van der Waals surface area contributed by atoms with Crippen molar-refractivity contribution in [3.05, 3.63) is 18.0 Å². The fraction of sp³-hybridized carbons (Fsp3) is 0.750. The van der Waals surface area contributed by atoms with Crippen LogP contribution in [0.5, 0.6) is 0 Å². The number of aryl methyl sites for hydroxylation is 1. The summed E-state index contributed by atoms with van der Waals surface area (Å²) in [5.74, 6) is 0. The van der Waals surface area contributed by atoms with Gasteiger partial charge in [0.05, 0.1) is 6.20 Å². The lowest BCUT2D eigenvalue weighted by Crippen LogP contribution is -2.49. The van der Waals surface area contributed by atoms with Crippen molar-refractivity contribution in [1.29, 1.82) is 0 Å². The summed E-state index contributed by atoms with van der Waals surface area (Å²) in [6, 6.07) is 0. The third kappa shape index (κ3) is 2.62. The Hall–Kier alpha value is -0.870. The van der Waals surface area contributed by atoms with E-state index in [1.54, 1.807) is 0 Å². The summed E-state index contributed by atoms with van der Waals surface area (Å²) in [4.78, 5) is 2.51. The second-order valence-electron chi connectivity index (χ2n) is 5.11. The van der Waals surface area contributed by atoms with E-state index in [-0.39, 0.29) is 0 Å². The second-order valence-corrected chi connectivity index (χ2v) is 5.11. The average molecular weight is 222 g/mol. The minimum Gasteiger partial charge on any atom is -0.314 e. The molecular weight excluding hydrogens is 200 g/mol. The van der Waals surface area contributed by atoms with E-state index in [1.807, 2.05) is 17.9 Å². The summed E-state index contributed by atoms with van der Waals surface area (Å²) < 4.78 is 1.87. The molecule has 16 heavy (non-hydrogen) atoms. The second kappa shape index (κ2) is 4.55. The highest BCUT2D eigenvalue weighted by Crippen LogP contribution is 2.22. The van der Waals surface area contributed by atoms with E-state index in [9.17, 15) is 0 Å². The fourth-order valence-corrected chi connectivity index (χ4v) is 2.27. The van der Waals surface area contributed by atoms with Gasteiger partial charge < -0.3 is 5.32 Å². The Morgan fingerprint density at radius 3 is 2.62 bits per heavy atom. The zero-order valence-electron chi connectivity index (χ0n) is 10.5. The molecule has 0 unspecified atom stereocenters. The van der Waals surface area contributed by atoms with Crippen molar-refractivity contribution in [3.63, 3.8) is 0 Å². The molecule has 0 radical (unpaired) electrons. The molecule has 0 aromatic carbocycles. The number of nitrogens with zero attached hydrogens (tertiary/aromatic N) is 3. The Balaban J connectivity index is 1.86. The highest BCUT2D eigenvalue weighted by Gasteiger charge is 2.28. The Morgan fingerprint density at radius 1 is 1.44 bits per heavy atom. The van der Waals surface area contributed by atoms with Crippen LogP contribution in [0.2, 0.25) is 0 Å². The lowest BCUT2D eigenvalue weighted by Gasteiger charge is -2.39. The van der Waals surface area contributed by atoms with E-state index in [4.69, 9.17) is 0 Å². The number of hydrogen-bond acceptors (Lipinski definition) is 3. The van der Waals surface area contributed by atoms with Crippen LogP contribution in [0.15, 0.2) is 12.4 Å². The molecule has 1 N–H and O–H groups in total. The highest BCUT2D eigenvalue weighted by atomic mass is 15.2. The minimum atomic E-state index is 0.339. The molecule has 0 aliphatic carbocycles. The molecule has 1 aromatic rings. The Bertz CT molecular complexity index is 337. The average Bonchev–Trinajstić information content (AvgIpc) is 2.68. The topological polar surface area (TPSA) is 33.1 Å². The van der Waals surface area contributed by atoms with Crippen LogP contribution in [0.4, 0.5) is 0 Å². The van der Waals surface area contributed by atoms with Crippen molar-refractivity contribution < 1.29 is 0 Å². The first-order valence-corrected chi connectivity index (χ1v) is 6.00. The molecular formula is C12H22N4. The van der Waals surface area contributed by atoms with Crippen LogP contribution in [0.1, 0.15) is 25.3 Å². The van der Waals surface area contributed by atoms with Gasteiger partial charge in [-0.05, 0) is 26.8 Å². The van der Waals surface area contributed by atoms with Crippen molar-refractivity contribution in [2.24, 2.45) is 7.05 Å². The molecule has 0 saturated carbocycles. The molecule has 1 aliphatic heterocycles. The van der Waals surface area contributed by atoms with Gasteiger partial charge in [0.1, 0.15) is 0 Å². The SMILES string of the molecule is CNC1(C)CCN(Cc2cnn(C)c2)CC1. The minimum absolute atomic E-state index is 0.339. The number of rotatable bonds is 3. The number of hydrogen-bond donors (Lipinski definition) is 1. The lowest BCUT2D eigenvalue weighted by molar-refractivity contribution is 0.146. The summed E-state index contributed by atoms with van der Waals surface area (Å²) in [6.45, 7) is 5.69. The van der Waals surface area contributed by atoms with E-state index < -0.39 is 0 Å². The van der Waals surface area contributed by atoms with Crippen molar-refractivity contribution in [1.82, 2.24) is 20.0 Å². The van der Waals surface area contributed by atoms with E-state index in [2.05, 4.69) is 35.5 Å². The fourth-order valence-electron chi connectivity index (χ4n) is 2.27. The van der Waals surface area contributed by atoms with Gasteiger partial charge in [0.15, 0.2) is 0 Å². The molecule has 90 valence electrons. The maximum absolute atomic E-state index is 4.20. The van der Waals surface area contributed by atoms with Gasteiger partial charge in [-0.25, -0.2) is 0 Å². The highest BCUT2D eigenvalue weighted by molar-refractivity contribution is 5.04. The molecule has 4 heteroatoms. The van der Waals surface area contributed by atoms with Gasteiger partial charge in [0.25, 0.3) is 0 Å². The van der Waals surface area contributed by atoms with Crippen molar-refractivity contribution >= 4 is 0 Å². The first-order chi connectivity index (χ1) is 7.61.